The summed E-state index contributed by atoms with van der Waals surface area (Å²) in [6.45, 7) is 1.23. The van der Waals surface area contributed by atoms with Crippen LogP contribution >= 0.6 is 0 Å². The van der Waals surface area contributed by atoms with Gasteiger partial charge in [0, 0.05) is 48.2 Å². The molecule has 0 spiro atoms. The summed E-state index contributed by atoms with van der Waals surface area (Å²) in [6, 6.07) is 18.1. The van der Waals surface area contributed by atoms with Crippen LogP contribution in [0.3, 0.4) is 0 Å². The summed E-state index contributed by atoms with van der Waals surface area (Å²) in [5.41, 5.74) is 4.04. The van der Waals surface area contributed by atoms with Crippen LogP contribution in [-0.4, -0.2) is 27.0 Å². The standard InChI is InChI=1S/C24H23N5O/c25-14-6-16-29-17-18(19-7-1-4-10-22(19)29)12-13-24(30)26-15-5-11-23-27-20-8-2-3-9-21(20)28-23/h1-4,7-10,12-13,17H,5-6,11,15-16H2,(H,26,30)(H,27,28)/b13-12+. The third kappa shape index (κ3) is 4.41. The molecule has 0 aliphatic heterocycles. The maximum absolute atomic E-state index is 12.2. The number of aromatic amines is 1. The molecule has 2 aromatic heterocycles. The number of nitriles is 1. The van der Waals surface area contributed by atoms with Crippen LogP contribution in [0.5, 0.6) is 0 Å². The van der Waals surface area contributed by atoms with Crippen molar-refractivity contribution in [1.82, 2.24) is 19.9 Å². The summed E-state index contributed by atoms with van der Waals surface area (Å²) in [6.07, 6.45) is 7.44. The van der Waals surface area contributed by atoms with Gasteiger partial charge in [-0.2, -0.15) is 5.26 Å². The van der Waals surface area contributed by atoms with Crippen LogP contribution in [-0.2, 0) is 17.8 Å². The van der Waals surface area contributed by atoms with Gasteiger partial charge in [-0.3, -0.25) is 4.79 Å². The van der Waals surface area contributed by atoms with Crippen molar-refractivity contribution in [3.05, 3.63) is 72.2 Å². The molecule has 2 N–H and O–H groups in total. The van der Waals surface area contributed by atoms with Crippen molar-refractivity contribution in [3.63, 3.8) is 0 Å². The molecule has 150 valence electrons. The zero-order chi connectivity index (χ0) is 20.8. The number of para-hydroxylation sites is 3. The van der Waals surface area contributed by atoms with E-state index >= 15 is 0 Å². The van der Waals surface area contributed by atoms with E-state index in [2.05, 4.69) is 25.9 Å². The second-order valence-corrected chi connectivity index (χ2v) is 7.13. The normalized spacial score (nSPS) is 11.3. The molecule has 30 heavy (non-hydrogen) atoms. The van der Waals surface area contributed by atoms with E-state index in [1.54, 1.807) is 6.08 Å². The summed E-state index contributed by atoms with van der Waals surface area (Å²) in [4.78, 5) is 20.1. The number of nitrogens with zero attached hydrogens (tertiary/aromatic N) is 3. The Balaban J connectivity index is 1.32. The first-order chi connectivity index (χ1) is 14.7. The second-order valence-electron chi connectivity index (χ2n) is 7.13. The predicted molar refractivity (Wildman–Crippen MR) is 119 cm³/mol. The van der Waals surface area contributed by atoms with Crippen molar-refractivity contribution in [2.45, 2.75) is 25.8 Å². The predicted octanol–water partition coefficient (Wildman–Crippen LogP) is 4.19. The Hall–Kier alpha value is -3.85. The van der Waals surface area contributed by atoms with E-state index in [1.807, 2.05) is 60.8 Å². The number of aryl methyl sites for hydroxylation is 2. The monoisotopic (exact) mass is 397 g/mol. The number of carbonyl (C=O) groups is 1. The summed E-state index contributed by atoms with van der Waals surface area (Å²) < 4.78 is 2.06. The van der Waals surface area contributed by atoms with Gasteiger partial charge in [0.2, 0.25) is 5.91 Å². The number of hydrogen-bond acceptors (Lipinski definition) is 3. The first-order valence-corrected chi connectivity index (χ1v) is 10.1. The number of aromatic nitrogens is 3. The highest BCUT2D eigenvalue weighted by atomic mass is 16.1. The smallest absolute Gasteiger partial charge is 0.244 e. The SMILES string of the molecule is N#CCCn1cc(/C=C/C(=O)NCCCc2nc3ccccc3[nH]2)c2ccccc21. The molecule has 0 saturated heterocycles. The molecule has 2 heterocycles. The van der Waals surface area contributed by atoms with Gasteiger partial charge in [0.1, 0.15) is 5.82 Å². The topological polar surface area (TPSA) is 86.5 Å². The van der Waals surface area contributed by atoms with Crippen LogP contribution in [0.15, 0.2) is 60.8 Å². The average molecular weight is 397 g/mol. The van der Waals surface area contributed by atoms with Crippen LogP contribution in [0, 0.1) is 11.3 Å². The molecule has 0 aliphatic rings. The number of amides is 1. The van der Waals surface area contributed by atoms with Crippen molar-refractivity contribution in [2.75, 3.05) is 6.54 Å². The Morgan fingerprint density at radius 1 is 1.20 bits per heavy atom. The summed E-state index contributed by atoms with van der Waals surface area (Å²) in [7, 11) is 0. The van der Waals surface area contributed by atoms with Crippen LogP contribution in [0.1, 0.15) is 24.2 Å². The first-order valence-electron chi connectivity index (χ1n) is 10.1. The second kappa shape index (κ2) is 9.10. The first kappa shape index (κ1) is 19.5. The van der Waals surface area contributed by atoms with Gasteiger partial charge in [0.15, 0.2) is 0 Å². The summed E-state index contributed by atoms with van der Waals surface area (Å²) in [5, 5.41) is 12.9. The maximum atomic E-state index is 12.2. The van der Waals surface area contributed by atoms with Crippen molar-refractivity contribution < 1.29 is 4.79 Å². The maximum Gasteiger partial charge on any atom is 0.244 e. The van der Waals surface area contributed by atoms with E-state index in [0.717, 1.165) is 46.2 Å². The van der Waals surface area contributed by atoms with Crippen molar-refractivity contribution in [2.24, 2.45) is 0 Å². The highest BCUT2D eigenvalue weighted by molar-refractivity contribution is 5.96. The lowest BCUT2D eigenvalue weighted by atomic mass is 10.1. The molecule has 0 saturated carbocycles. The number of fused-ring (bicyclic) bond motifs is 2. The molecule has 0 aliphatic carbocycles. The minimum Gasteiger partial charge on any atom is -0.353 e. The Labute approximate surface area is 174 Å². The molecule has 0 atom stereocenters. The molecule has 2 aromatic carbocycles. The molecule has 0 fully saturated rings. The zero-order valence-corrected chi connectivity index (χ0v) is 16.6. The molecule has 4 rings (SSSR count). The van der Waals surface area contributed by atoms with Gasteiger partial charge in [-0.1, -0.05) is 30.3 Å². The molecular formula is C24H23N5O. The highest BCUT2D eigenvalue weighted by Crippen LogP contribution is 2.22. The van der Waals surface area contributed by atoms with Crippen molar-refractivity contribution in [3.8, 4) is 6.07 Å². The Morgan fingerprint density at radius 2 is 2.03 bits per heavy atom. The minimum absolute atomic E-state index is 0.117. The molecule has 0 bridgehead atoms. The lowest BCUT2D eigenvalue weighted by Gasteiger charge is -2.00. The Morgan fingerprint density at radius 3 is 2.90 bits per heavy atom. The van der Waals surface area contributed by atoms with Crippen LogP contribution in [0.2, 0.25) is 0 Å². The van der Waals surface area contributed by atoms with Gasteiger partial charge < -0.3 is 14.9 Å². The van der Waals surface area contributed by atoms with Crippen molar-refractivity contribution >= 4 is 33.9 Å². The van der Waals surface area contributed by atoms with Gasteiger partial charge in [-0.05, 0) is 30.7 Å². The third-order valence-corrected chi connectivity index (χ3v) is 5.03. The zero-order valence-electron chi connectivity index (χ0n) is 16.6. The number of hydrogen-bond donors (Lipinski definition) is 2. The Bertz CT molecular complexity index is 1210. The quantitative estimate of drug-likeness (QED) is 0.345. The number of H-pyrrole nitrogens is 1. The molecule has 6 heteroatoms. The van der Waals surface area contributed by atoms with Gasteiger partial charge in [0.25, 0.3) is 0 Å². The van der Waals surface area contributed by atoms with E-state index in [9.17, 15) is 4.79 Å². The van der Waals surface area contributed by atoms with Crippen molar-refractivity contribution in [1.29, 1.82) is 5.26 Å². The number of nitrogens with one attached hydrogen (secondary N) is 2. The molecule has 0 unspecified atom stereocenters. The van der Waals surface area contributed by atoms with E-state index < -0.39 is 0 Å². The van der Waals surface area contributed by atoms with Crippen LogP contribution < -0.4 is 5.32 Å². The third-order valence-electron chi connectivity index (χ3n) is 5.03. The van der Waals surface area contributed by atoms with Crippen LogP contribution in [0.4, 0.5) is 0 Å². The molecular weight excluding hydrogens is 374 g/mol. The summed E-state index contributed by atoms with van der Waals surface area (Å²) >= 11 is 0. The number of imidazole rings is 1. The fourth-order valence-electron chi connectivity index (χ4n) is 3.58. The number of rotatable bonds is 8. The van der Waals surface area contributed by atoms with Gasteiger partial charge in [0.05, 0.1) is 23.5 Å². The van der Waals surface area contributed by atoms with E-state index in [0.29, 0.717) is 19.5 Å². The lowest BCUT2D eigenvalue weighted by molar-refractivity contribution is -0.116. The van der Waals surface area contributed by atoms with Crippen LogP contribution in [0.25, 0.3) is 28.0 Å². The van der Waals surface area contributed by atoms with E-state index in [1.165, 1.54) is 0 Å². The van der Waals surface area contributed by atoms with E-state index in [-0.39, 0.29) is 5.91 Å². The average Bonchev–Trinajstić information content (AvgIpc) is 3.35. The molecule has 1 amide bonds. The van der Waals surface area contributed by atoms with Gasteiger partial charge in [-0.25, -0.2) is 4.98 Å². The molecule has 0 radical (unpaired) electrons. The van der Waals surface area contributed by atoms with E-state index in [4.69, 9.17) is 5.26 Å². The largest absolute Gasteiger partial charge is 0.353 e. The number of benzene rings is 2. The van der Waals surface area contributed by atoms with Gasteiger partial charge >= 0.3 is 0 Å². The minimum atomic E-state index is -0.117. The fraction of sp³-hybridized carbons (Fsp3) is 0.208. The summed E-state index contributed by atoms with van der Waals surface area (Å²) in [5.74, 6) is 0.819. The Kier molecular flexibility index (Phi) is 5.90. The molecule has 4 aromatic rings. The molecule has 6 nitrogen and oxygen atoms in total. The fourth-order valence-corrected chi connectivity index (χ4v) is 3.58. The number of carbonyl (C=O) groups excluding carboxylic acids is 1. The lowest BCUT2D eigenvalue weighted by Crippen LogP contribution is -2.22. The highest BCUT2D eigenvalue weighted by Gasteiger charge is 2.06. The van der Waals surface area contributed by atoms with Gasteiger partial charge in [-0.15, -0.1) is 0 Å².